The van der Waals surface area contributed by atoms with Gasteiger partial charge in [-0.05, 0) is 11.0 Å². The molecule has 0 unspecified atom stereocenters. The van der Waals surface area contributed by atoms with E-state index in [4.69, 9.17) is 0 Å². The molecule has 0 fully saturated rings. The van der Waals surface area contributed by atoms with E-state index in [0.717, 1.165) is 0 Å². The number of hydrogen-bond acceptors (Lipinski definition) is 1. The second-order valence-electron chi connectivity index (χ2n) is 0.500. The summed E-state index contributed by atoms with van der Waals surface area (Å²) in [6, 6.07) is 0. The Kier molecular flexibility index (Phi) is 20.9. The van der Waals surface area contributed by atoms with E-state index in [1.165, 1.54) is 20.8 Å². The molecule has 28 valence electrons. The molecule has 0 amide bonds. The summed E-state index contributed by atoms with van der Waals surface area (Å²) in [5.41, 5.74) is 0. The lowest BCUT2D eigenvalue weighted by Crippen LogP contribution is -1.97. The summed E-state index contributed by atoms with van der Waals surface area (Å²) in [6.07, 6.45) is 0. The molecule has 0 heterocycles. The van der Waals surface area contributed by atoms with E-state index in [9.17, 15) is 0 Å². The van der Waals surface area contributed by atoms with Gasteiger partial charge in [0.15, 0.2) is 0 Å². The summed E-state index contributed by atoms with van der Waals surface area (Å²) in [5, 5.41) is 0. The first-order valence-corrected chi connectivity index (χ1v) is 3.00. The Morgan fingerprint density at radius 1 is 1.25 bits per heavy atom. The van der Waals surface area contributed by atoms with Crippen molar-refractivity contribution in [1.82, 2.24) is 4.65 Å². The third-order valence-electron chi connectivity index (χ3n) is 0. The molecule has 0 aromatic heterocycles. The molecule has 0 rings (SSSR count). The maximum absolute atomic E-state index is 3.03. The summed E-state index contributed by atoms with van der Waals surface area (Å²) >= 11 is 0. The molecule has 0 saturated carbocycles. The monoisotopic (exact) mass is 109 g/mol. The minimum absolute atomic E-state index is 0. The Morgan fingerprint density at radius 3 is 1.25 bits per heavy atom. The van der Waals surface area contributed by atoms with Gasteiger partial charge in [-0.15, -0.1) is 0 Å². The van der Waals surface area contributed by atoms with Gasteiger partial charge in [0, 0.05) is 0 Å². The molecule has 0 aliphatic carbocycles. The van der Waals surface area contributed by atoms with Crippen molar-refractivity contribution in [2.45, 2.75) is 0 Å². The zero-order chi connectivity index (χ0) is 2.71. The maximum Gasteiger partial charge on any atom is 0.0670 e. The molecular weight excluding hydrogens is 98.3 g/mol. The van der Waals surface area contributed by atoms with Crippen molar-refractivity contribution in [3.8, 4) is 0 Å². The largest absolute Gasteiger partial charge is 0.374 e. The molecule has 0 saturated heterocycles. The SMILES string of the molecule is [SiH3]N[SiH3].[SiH4]. The van der Waals surface area contributed by atoms with Crippen LogP contribution in [0.4, 0.5) is 0 Å². The van der Waals surface area contributed by atoms with Crippen LogP contribution in [0.3, 0.4) is 0 Å². The van der Waals surface area contributed by atoms with Crippen LogP contribution in [0.1, 0.15) is 0 Å². The Labute approximate surface area is 37.2 Å². The quantitative estimate of drug-likeness (QED) is 0.310. The predicted octanol–water partition coefficient (Wildman–Crippen LogP) is -4.31. The molecule has 0 aliphatic heterocycles. The van der Waals surface area contributed by atoms with E-state index in [1.807, 2.05) is 0 Å². The summed E-state index contributed by atoms with van der Waals surface area (Å²) < 4.78 is 3.03. The second kappa shape index (κ2) is 9.49. The van der Waals surface area contributed by atoms with Gasteiger partial charge < -0.3 is 4.65 Å². The Hall–Kier alpha value is 0.611. The standard InChI is InChI=1S/H7NSi2.H4Si/c2-1-3;/h1H,2-3H3;1H4. The third kappa shape index (κ3) is 18.2. The first-order chi connectivity index (χ1) is 1.41. The van der Waals surface area contributed by atoms with Gasteiger partial charge in [-0.25, -0.2) is 0 Å². The van der Waals surface area contributed by atoms with E-state index in [2.05, 4.69) is 4.65 Å². The lowest BCUT2D eigenvalue weighted by Gasteiger charge is -1.58. The van der Waals surface area contributed by atoms with Crippen LogP contribution in [0.15, 0.2) is 0 Å². The van der Waals surface area contributed by atoms with E-state index >= 15 is 0 Å². The van der Waals surface area contributed by atoms with Crippen LogP contribution >= 0.6 is 0 Å². The molecule has 0 aromatic carbocycles. The molecule has 0 aromatic rings. The van der Waals surface area contributed by atoms with E-state index < -0.39 is 0 Å². The van der Waals surface area contributed by atoms with Crippen molar-refractivity contribution in [3.05, 3.63) is 0 Å². The van der Waals surface area contributed by atoms with Crippen molar-refractivity contribution < 1.29 is 0 Å². The van der Waals surface area contributed by atoms with Gasteiger partial charge in [0.2, 0.25) is 0 Å². The first kappa shape index (κ1) is 8.82. The van der Waals surface area contributed by atoms with Crippen LogP contribution in [0, 0.1) is 0 Å². The van der Waals surface area contributed by atoms with Crippen LogP contribution in [-0.2, 0) is 0 Å². The van der Waals surface area contributed by atoms with Gasteiger partial charge in [-0.1, -0.05) is 0 Å². The fourth-order valence-electron chi connectivity index (χ4n) is 0. The average Bonchev–Trinajstić information content (AvgIpc) is 0.918. The average molecular weight is 109 g/mol. The summed E-state index contributed by atoms with van der Waals surface area (Å²) in [7, 11) is 2.36. The summed E-state index contributed by atoms with van der Waals surface area (Å²) in [5.74, 6) is 0. The van der Waals surface area contributed by atoms with Crippen molar-refractivity contribution >= 4 is 31.8 Å². The zero-order valence-electron chi connectivity index (χ0n) is 2.50. The fourth-order valence-corrected chi connectivity index (χ4v) is 0. The van der Waals surface area contributed by atoms with Gasteiger partial charge in [-0.2, -0.15) is 0 Å². The molecule has 0 spiro atoms. The van der Waals surface area contributed by atoms with E-state index in [1.54, 1.807) is 0 Å². The van der Waals surface area contributed by atoms with E-state index in [0.29, 0.717) is 0 Å². The minimum Gasteiger partial charge on any atom is -0.374 e. The Balaban J connectivity index is 0. The predicted molar refractivity (Wildman–Crippen MR) is 34.3 cm³/mol. The van der Waals surface area contributed by atoms with Crippen molar-refractivity contribution in [1.29, 1.82) is 0 Å². The van der Waals surface area contributed by atoms with Crippen LogP contribution in [0.5, 0.6) is 0 Å². The third-order valence-corrected chi connectivity index (χ3v) is 0. The van der Waals surface area contributed by atoms with Gasteiger partial charge in [0.05, 0.1) is 20.8 Å². The van der Waals surface area contributed by atoms with Crippen molar-refractivity contribution in [3.63, 3.8) is 0 Å². The molecule has 0 atom stereocenters. The molecule has 0 bridgehead atoms. The highest BCUT2D eigenvalue weighted by Crippen LogP contribution is 0.879. The van der Waals surface area contributed by atoms with Crippen LogP contribution in [-0.4, -0.2) is 31.8 Å². The highest BCUT2D eigenvalue weighted by molar-refractivity contribution is 6.25. The highest BCUT2D eigenvalue weighted by Gasteiger charge is 1.28. The summed E-state index contributed by atoms with van der Waals surface area (Å²) in [6.45, 7) is 0. The lowest BCUT2D eigenvalue weighted by atomic mass is 13.9. The molecule has 1 N–H and O–H groups in total. The van der Waals surface area contributed by atoms with E-state index in [-0.39, 0.29) is 11.0 Å². The first-order valence-electron chi connectivity index (χ1n) is 1.00. The molecule has 1 nitrogen and oxygen atoms in total. The molecule has 4 heavy (non-hydrogen) atoms. The van der Waals surface area contributed by atoms with Gasteiger partial charge in [0.25, 0.3) is 0 Å². The highest BCUT2D eigenvalue weighted by atomic mass is 28.2. The van der Waals surface area contributed by atoms with Gasteiger partial charge in [0.1, 0.15) is 0 Å². The van der Waals surface area contributed by atoms with Crippen LogP contribution in [0.2, 0.25) is 0 Å². The molecule has 0 aliphatic rings. The van der Waals surface area contributed by atoms with Crippen LogP contribution in [0.25, 0.3) is 0 Å². The van der Waals surface area contributed by atoms with Gasteiger partial charge in [-0.3, -0.25) is 0 Å². The second-order valence-corrected chi connectivity index (χ2v) is 4.50. The zero-order valence-corrected chi connectivity index (χ0v) is 6.50. The molecule has 4 heteroatoms. The fraction of sp³-hybridized carbons (Fsp3) is 0. The number of nitrogens with one attached hydrogen (secondary N) is 1. The van der Waals surface area contributed by atoms with Crippen molar-refractivity contribution in [2.24, 2.45) is 0 Å². The topological polar surface area (TPSA) is 12.0 Å². The van der Waals surface area contributed by atoms with Crippen LogP contribution < -0.4 is 4.65 Å². The minimum atomic E-state index is 0. The number of hydrogen-bond donors (Lipinski definition) is 1. The summed E-state index contributed by atoms with van der Waals surface area (Å²) in [4.78, 5) is 0. The smallest absolute Gasteiger partial charge is 0.0670 e. The normalized spacial score (nSPS) is 6.00. The number of rotatable bonds is 0. The van der Waals surface area contributed by atoms with Gasteiger partial charge >= 0.3 is 0 Å². The molecule has 0 radical (unpaired) electrons. The Morgan fingerprint density at radius 2 is 1.25 bits per heavy atom. The molecular formula is H11NSi3. The Bertz CT molecular complexity index is 3.25. The lowest BCUT2D eigenvalue weighted by molar-refractivity contribution is 1.68. The maximum atomic E-state index is 3.03. The van der Waals surface area contributed by atoms with Crippen molar-refractivity contribution in [2.75, 3.05) is 0 Å².